The van der Waals surface area contributed by atoms with Crippen LogP contribution in [0.25, 0.3) is 100 Å². The van der Waals surface area contributed by atoms with E-state index in [4.69, 9.17) is 4.42 Å². The van der Waals surface area contributed by atoms with Gasteiger partial charge >= 0.3 is 5.82 Å². The molecule has 0 amide bonds. The molecule has 1 aliphatic carbocycles. The summed E-state index contributed by atoms with van der Waals surface area (Å²) < 4.78 is 15.6. The van der Waals surface area contributed by atoms with Crippen molar-refractivity contribution < 1.29 is 13.6 Å². The van der Waals surface area contributed by atoms with E-state index >= 15 is 0 Å². The molecule has 0 saturated carbocycles. The quantitative estimate of drug-likeness (QED) is 0.120. The van der Waals surface area contributed by atoms with Gasteiger partial charge in [-0.2, -0.15) is 13.7 Å². The van der Waals surface area contributed by atoms with Crippen LogP contribution in [-0.2, 0) is 6.42 Å². The molecule has 5 heterocycles. The van der Waals surface area contributed by atoms with Crippen molar-refractivity contribution in [1.29, 1.82) is 0 Å². The third-order valence-corrected chi connectivity index (χ3v) is 18.6. The number of furan rings is 1. The van der Waals surface area contributed by atoms with Crippen molar-refractivity contribution in [3.05, 3.63) is 210 Å². The molecule has 0 N–H and O–H groups in total. The van der Waals surface area contributed by atoms with Gasteiger partial charge in [-0.25, -0.2) is 0 Å². The highest BCUT2D eigenvalue weighted by Crippen LogP contribution is 2.55. The van der Waals surface area contributed by atoms with Crippen LogP contribution >= 0.6 is 0 Å². The lowest BCUT2D eigenvalue weighted by atomic mass is 9.79. The zero-order valence-electron chi connectivity index (χ0n) is 42.3. The molecule has 2 aliphatic heterocycles. The molecule has 0 bridgehead atoms. The zero-order chi connectivity index (χ0) is 48.7. The fourth-order valence-electron chi connectivity index (χ4n) is 13.0. The molecule has 350 valence electrons. The highest BCUT2D eigenvalue weighted by molar-refractivity contribution is 6.88. The Labute approximate surface area is 423 Å². The summed E-state index contributed by atoms with van der Waals surface area (Å²) in [6, 6.07) is 66.5. The monoisotopic (exact) mass is 949 g/mol. The summed E-state index contributed by atoms with van der Waals surface area (Å²) in [5.41, 5.74) is 22.6. The SMILES string of the molecule is CC(C)c1cccc(C(C)C)c1-n1c2[n+](c3ccc4ccccc4c31)C1=C(Cc3ccc4c(oc5cc(-c6ccc(-c7ccccc7)cc6)ccc54)c3-2)C2c3ccccc3-c3ccc([Si](C)(C)C)c[n+]3C2C1. The summed E-state index contributed by atoms with van der Waals surface area (Å²) in [6.45, 7) is 16.9. The third kappa shape index (κ3) is 6.35. The Bertz CT molecular complexity index is 4060. The molecular formula is C67H59N3OSi+2. The first-order chi connectivity index (χ1) is 35.0. The first-order valence-corrected chi connectivity index (χ1v) is 29.6. The van der Waals surface area contributed by atoms with Crippen molar-refractivity contribution in [2.75, 3.05) is 0 Å². The average molecular weight is 950 g/mol. The zero-order valence-corrected chi connectivity index (χ0v) is 43.3. The van der Waals surface area contributed by atoms with Crippen molar-refractivity contribution in [2.24, 2.45) is 0 Å². The number of fused-ring (bicyclic) bond motifs is 19. The second-order valence-electron chi connectivity index (χ2n) is 22.4. The van der Waals surface area contributed by atoms with Crippen LogP contribution in [0.15, 0.2) is 192 Å². The molecule has 0 radical (unpaired) electrons. The average Bonchev–Trinajstić information content (AvgIpc) is 4.05. The van der Waals surface area contributed by atoms with Gasteiger partial charge in [-0.15, -0.1) is 0 Å². The number of imidazole rings is 1. The number of pyridine rings is 1. The molecule has 11 aromatic rings. The maximum atomic E-state index is 7.48. The predicted octanol–water partition coefficient (Wildman–Crippen LogP) is 16.2. The van der Waals surface area contributed by atoms with Gasteiger partial charge in [0.2, 0.25) is 5.69 Å². The number of aromatic nitrogens is 3. The van der Waals surface area contributed by atoms with Crippen molar-refractivity contribution in [1.82, 2.24) is 4.57 Å². The number of hydrogen-bond donors (Lipinski definition) is 0. The largest absolute Gasteiger partial charge is 0.455 e. The van der Waals surface area contributed by atoms with Gasteiger partial charge in [-0.3, -0.25) is 0 Å². The Morgan fingerprint density at radius 2 is 1.29 bits per heavy atom. The lowest BCUT2D eigenvalue weighted by Crippen LogP contribution is -2.52. The summed E-state index contributed by atoms with van der Waals surface area (Å²) in [7, 11) is -1.64. The van der Waals surface area contributed by atoms with E-state index in [0.717, 1.165) is 40.3 Å². The fraction of sp³-hybridized carbons (Fsp3) is 0.194. The second kappa shape index (κ2) is 16.0. The molecule has 3 aliphatic rings. The molecule has 0 fully saturated rings. The molecule has 0 saturated heterocycles. The smallest absolute Gasteiger partial charge is 0.304 e. The van der Waals surface area contributed by atoms with Gasteiger partial charge < -0.3 is 4.42 Å². The van der Waals surface area contributed by atoms with E-state index in [-0.39, 0.29) is 23.8 Å². The van der Waals surface area contributed by atoms with Gasteiger partial charge in [0.15, 0.2) is 28.9 Å². The Hall–Kier alpha value is -7.60. The van der Waals surface area contributed by atoms with Crippen LogP contribution in [0.4, 0.5) is 0 Å². The van der Waals surface area contributed by atoms with E-state index in [1.54, 1.807) is 0 Å². The molecule has 5 heteroatoms. The van der Waals surface area contributed by atoms with E-state index in [1.807, 2.05) is 0 Å². The molecule has 0 spiro atoms. The van der Waals surface area contributed by atoms with Crippen LogP contribution in [0.5, 0.6) is 0 Å². The normalized spacial score (nSPS) is 16.1. The number of nitrogens with zero attached hydrogens (tertiary/aromatic N) is 3. The Morgan fingerprint density at radius 1 is 0.611 bits per heavy atom. The first kappa shape index (κ1) is 43.2. The van der Waals surface area contributed by atoms with E-state index in [9.17, 15) is 0 Å². The minimum Gasteiger partial charge on any atom is -0.455 e. The number of para-hydroxylation sites is 1. The maximum absolute atomic E-state index is 7.48. The summed E-state index contributed by atoms with van der Waals surface area (Å²) in [5, 5.41) is 6.29. The van der Waals surface area contributed by atoms with Crippen LogP contribution in [0, 0.1) is 0 Å². The molecular weight excluding hydrogens is 891 g/mol. The molecule has 14 rings (SSSR count). The second-order valence-corrected chi connectivity index (χ2v) is 27.5. The number of hydrogen-bond acceptors (Lipinski definition) is 1. The Morgan fingerprint density at radius 3 is 2.06 bits per heavy atom. The highest BCUT2D eigenvalue weighted by Gasteiger charge is 2.53. The summed E-state index contributed by atoms with van der Waals surface area (Å²) in [5.74, 6) is 1.96. The van der Waals surface area contributed by atoms with E-state index in [2.05, 4.69) is 243 Å². The molecule has 3 aromatic heterocycles. The molecule has 4 nitrogen and oxygen atoms in total. The summed E-state index contributed by atoms with van der Waals surface area (Å²) >= 11 is 0. The van der Waals surface area contributed by atoms with Gasteiger partial charge in [0, 0.05) is 38.5 Å². The predicted molar refractivity (Wildman–Crippen MR) is 301 cm³/mol. The standard InChI is InChI=1S/C67H59N3OSi/c1-40(2)49-22-15-23-50(41(3)4)64(49)70-65-51-19-12-11-18-45(51)30-34-58(65)69-59-38-60-63(54-21-14-13-20-52(54)57-35-31-48(39-68(57)60)72(5,6)7)56(59)36-47-29-33-55-53-32-28-46(37-61(53)71-66(55)62(47)67(69)70)44-26-24-43(25-27-44)42-16-9-8-10-17-42/h8-35,37,39-41,60,63H,36,38H2,1-7H3/q+2. The molecule has 72 heavy (non-hydrogen) atoms. The van der Waals surface area contributed by atoms with Crippen LogP contribution < -0.4 is 14.3 Å². The number of allylic oxidation sites excluding steroid dienone is 2. The molecule has 8 aromatic carbocycles. The lowest BCUT2D eigenvalue weighted by molar-refractivity contribution is -0.715. The maximum Gasteiger partial charge on any atom is 0.304 e. The van der Waals surface area contributed by atoms with Crippen LogP contribution in [0.1, 0.15) is 80.2 Å². The first-order valence-electron chi connectivity index (χ1n) is 26.1. The van der Waals surface area contributed by atoms with Crippen molar-refractivity contribution in [3.63, 3.8) is 0 Å². The van der Waals surface area contributed by atoms with Gasteiger partial charge in [0.25, 0.3) is 0 Å². The van der Waals surface area contributed by atoms with E-state index < -0.39 is 8.07 Å². The summed E-state index contributed by atoms with van der Waals surface area (Å²) in [4.78, 5) is 0. The van der Waals surface area contributed by atoms with Crippen LogP contribution in [0.3, 0.4) is 0 Å². The van der Waals surface area contributed by atoms with Gasteiger partial charge in [0.05, 0.1) is 26.0 Å². The number of benzene rings is 8. The van der Waals surface area contributed by atoms with Crippen LogP contribution in [0.2, 0.25) is 19.6 Å². The lowest BCUT2D eigenvalue weighted by Gasteiger charge is -2.28. The van der Waals surface area contributed by atoms with Gasteiger partial charge in [-0.1, -0.05) is 181 Å². The molecule has 2 atom stereocenters. The van der Waals surface area contributed by atoms with Crippen molar-refractivity contribution >= 4 is 62.7 Å². The van der Waals surface area contributed by atoms with Crippen molar-refractivity contribution in [2.45, 2.75) is 84.0 Å². The minimum atomic E-state index is -1.64. The molecule has 2 unspecified atom stereocenters. The van der Waals surface area contributed by atoms with Gasteiger partial charge in [0.1, 0.15) is 22.5 Å². The fourth-order valence-corrected chi connectivity index (χ4v) is 14.1. The minimum absolute atomic E-state index is 0.201. The van der Waals surface area contributed by atoms with E-state index in [1.165, 1.54) is 106 Å². The number of rotatable bonds is 6. The van der Waals surface area contributed by atoms with E-state index in [0.29, 0.717) is 0 Å². The van der Waals surface area contributed by atoms with Gasteiger partial charge in [-0.05, 0) is 99.0 Å². The Kier molecular flexibility index (Phi) is 9.57. The topological polar surface area (TPSA) is 25.8 Å². The van der Waals surface area contributed by atoms with Crippen molar-refractivity contribution in [3.8, 4) is 50.6 Å². The highest BCUT2D eigenvalue weighted by atomic mass is 28.3. The van der Waals surface area contributed by atoms with Crippen LogP contribution in [-0.4, -0.2) is 12.6 Å². The Balaban J connectivity index is 1.09. The third-order valence-electron chi connectivity index (χ3n) is 16.6. The summed E-state index contributed by atoms with van der Waals surface area (Å²) in [6.07, 6.45) is 4.29.